The van der Waals surface area contributed by atoms with E-state index in [9.17, 15) is 4.79 Å². The van der Waals surface area contributed by atoms with Crippen LogP contribution >= 0.6 is 0 Å². The Bertz CT molecular complexity index is 424. The van der Waals surface area contributed by atoms with Gasteiger partial charge in [-0.3, -0.25) is 4.79 Å². The molecule has 0 saturated carbocycles. The molecular weight excluding hydrogens is 240 g/mol. The first-order chi connectivity index (χ1) is 8.79. The topological polar surface area (TPSA) is 55.6 Å². The van der Waals surface area contributed by atoms with Gasteiger partial charge in [0, 0.05) is 19.0 Å². The Morgan fingerprint density at radius 1 is 1.37 bits per heavy atom. The largest absolute Gasteiger partial charge is 0.491 e. The summed E-state index contributed by atoms with van der Waals surface area (Å²) in [4.78, 5) is 13.5. The summed E-state index contributed by atoms with van der Waals surface area (Å²) in [6, 6.07) is 7.84. The van der Waals surface area contributed by atoms with Crippen LogP contribution in [-0.2, 0) is 4.79 Å². The lowest BCUT2D eigenvalue weighted by Gasteiger charge is -2.23. The number of nitrogens with two attached hydrogens (primary N) is 1. The normalized spacial score (nSPS) is 11.2. The van der Waals surface area contributed by atoms with Crippen LogP contribution in [0.25, 0.3) is 0 Å². The zero-order valence-electron chi connectivity index (χ0n) is 12.3. The molecule has 1 aromatic rings. The van der Waals surface area contributed by atoms with Gasteiger partial charge in [-0.05, 0) is 32.4 Å². The third-order valence-electron chi connectivity index (χ3n) is 2.81. The predicted molar refractivity (Wildman–Crippen MR) is 77.2 cm³/mol. The molecule has 1 aromatic carbocycles. The van der Waals surface area contributed by atoms with E-state index < -0.39 is 5.54 Å². The molecule has 0 bridgehead atoms. The second-order valence-corrected chi connectivity index (χ2v) is 5.59. The summed E-state index contributed by atoms with van der Waals surface area (Å²) in [6.45, 7) is 6.74. The van der Waals surface area contributed by atoms with E-state index in [1.165, 1.54) is 0 Å². The number of amides is 1. The molecule has 0 radical (unpaired) electrons. The number of ether oxygens (including phenoxy) is 1. The van der Waals surface area contributed by atoms with E-state index in [2.05, 4.69) is 0 Å². The van der Waals surface area contributed by atoms with Crippen LogP contribution in [0.2, 0.25) is 0 Å². The monoisotopic (exact) mass is 264 g/mol. The maximum atomic E-state index is 11.9. The van der Waals surface area contributed by atoms with Gasteiger partial charge in [-0.1, -0.05) is 18.2 Å². The Morgan fingerprint density at radius 3 is 2.58 bits per heavy atom. The van der Waals surface area contributed by atoms with Crippen LogP contribution in [0.4, 0.5) is 0 Å². The van der Waals surface area contributed by atoms with Gasteiger partial charge in [-0.2, -0.15) is 0 Å². The van der Waals surface area contributed by atoms with Gasteiger partial charge >= 0.3 is 0 Å². The van der Waals surface area contributed by atoms with Crippen LogP contribution in [0.1, 0.15) is 25.8 Å². The third kappa shape index (κ3) is 5.75. The average Bonchev–Trinajstić information content (AvgIpc) is 2.29. The number of rotatable bonds is 6. The molecule has 0 heterocycles. The van der Waals surface area contributed by atoms with Crippen molar-refractivity contribution in [1.29, 1.82) is 0 Å². The van der Waals surface area contributed by atoms with Gasteiger partial charge in [-0.15, -0.1) is 0 Å². The molecular formula is C15H24N2O2. The molecule has 0 spiro atoms. The molecule has 0 aliphatic carbocycles. The molecule has 0 aliphatic rings. The zero-order valence-corrected chi connectivity index (χ0v) is 12.3. The third-order valence-corrected chi connectivity index (χ3v) is 2.81. The summed E-state index contributed by atoms with van der Waals surface area (Å²) in [5.74, 6) is 0.906. The van der Waals surface area contributed by atoms with Crippen molar-refractivity contribution >= 4 is 5.91 Å². The van der Waals surface area contributed by atoms with Crippen molar-refractivity contribution in [3.8, 4) is 5.75 Å². The van der Waals surface area contributed by atoms with Crippen molar-refractivity contribution in [2.75, 3.05) is 20.2 Å². The summed E-state index contributed by atoms with van der Waals surface area (Å²) in [5, 5.41) is 0. The van der Waals surface area contributed by atoms with Gasteiger partial charge < -0.3 is 15.4 Å². The Balaban J connectivity index is 2.37. The van der Waals surface area contributed by atoms with Gasteiger partial charge in [0.2, 0.25) is 5.91 Å². The average molecular weight is 264 g/mol. The SMILES string of the molecule is Cc1ccccc1OCCN(C)C(=O)CC(C)(C)N. The molecule has 0 saturated heterocycles. The lowest BCUT2D eigenvalue weighted by atomic mass is 10.0. The highest BCUT2D eigenvalue weighted by Crippen LogP contribution is 2.16. The Labute approximate surface area is 115 Å². The van der Waals surface area contributed by atoms with E-state index in [4.69, 9.17) is 10.5 Å². The Hall–Kier alpha value is -1.55. The fourth-order valence-corrected chi connectivity index (χ4v) is 1.66. The summed E-state index contributed by atoms with van der Waals surface area (Å²) in [5.41, 5.74) is 6.46. The Morgan fingerprint density at radius 2 is 2.00 bits per heavy atom. The van der Waals surface area contributed by atoms with Gasteiger partial charge in [-0.25, -0.2) is 0 Å². The van der Waals surface area contributed by atoms with Crippen molar-refractivity contribution in [2.24, 2.45) is 5.73 Å². The van der Waals surface area contributed by atoms with Crippen LogP contribution in [0, 0.1) is 6.92 Å². The Kier molecular flexibility index (Phi) is 5.36. The molecule has 19 heavy (non-hydrogen) atoms. The van der Waals surface area contributed by atoms with Crippen LogP contribution < -0.4 is 10.5 Å². The molecule has 0 fully saturated rings. The maximum absolute atomic E-state index is 11.9. The fourth-order valence-electron chi connectivity index (χ4n) is 1.66. The number of hydrogen-bond donors (Lipinski definition) is 1. The number of aryl methyl sites for hydroxylation is 1. The minimum atomic E-state index is -0.470. The van der Waals surface area contributed by atoms with Gasteiger partial charge in [0.05, 0.1) is 6.54 Å². The number of para-hydroxylation sites is 1. The van der Waals surface area contributed by atoms with Crippen molar-refractivity contribution in [3.63, 3.8) is 0 Å². The van der Waals surface area contributed by atoms with Crippen LogP contribution in [0.3, 0.4) is 0 Å². The molecule has 1 amide bonds. The second-order valence-electron chi connectivity index (χ2n) is 5.59. The lowest BCUT2D eigenvalue weighted by molar-refractivity contribution is -0.131. The zero-order chi connectivity index (χ0) is 14.5. The van der Waals surface area contributed by atoms with Crippen LogP contribution in [0.5, 0.6) is 5.75 Å². The number of nitrogens with zero attached hydrogens (tertiary/aromatic N) is 1. The fraction of sp³-hybridized carbons (Fsp3) is 0.533. The molecule has 4 nitrogen and oxygen atoms in total. The number of carbonyl (C=O) groups is 1. The number of benzene rings is 1. The predicted octanol–water partition coefficient (Wildman–Crippen LogP) is 1.96. The van der Waals surface area contributed by atoms with Crippen LogP contribution in [0.15, 0.2) is 24.3 Å². The van der Waals surface area contributed by atoms with E-state index >= 15 is 0 Å². The summed E-state index contributed by atoms with van der Waals surface area (Å²) >= 11 is 0. The smallest absolute Gasteiger partial charge is 0.224 e. The van der Waals surface area contributed by atoms with Crippen molar-refractivity contribution in [2.45, 2.75) is 32.7 Å². The van der Waals surface area contributed by atoms with Gasteiger partial charge in [0.15, 0.2) is 0 Å². The van der Waals surface area contributed by atoms with E-state index in [0.29, 0.717) is 19.6 Å². The number of carbonyl (C=O) groups excluding carboxylic acids is 1. The minimum absolute atomic E-state index is 0.0425. The van der Waals surface area contributed by atoms with Crippen molar-refractivity contribution in [1.82, 2.24) is 4.90 Å². The van der Waals surface area contributed by atoms with Gasteiger partial charge in [0.1, 0.15) is 12.4 Å². The van der Waals surface area contributed by atoms with E-state index in [-0.39, 0.29) is 5.91 Å². The van der Waals surface area contributed by atoms with Crippen molar-refractivity contribution in [3.05, 3.63) is 29.8 Å². The number of hydrogen-bond acceptors (Lipinski definition) is 3. The molecule has 2 N–H and O–H groups in total. The maximum Gasteiger partial charge on any atom is 0.224 e. The minimum Gasteiger partial charge on any atom is -0.491 e. The van der Waals surface area contributed by atoms with E-state index in [1.54, 1.807) is 11.9 Å². The van der Waals surface area contributed by atoms with Crippen LogP contribution in [-0.4, -0.2) is 36.5 Å². The number of likely N-dealkylation sites (N-methyl/N-ethyl adjacent to an activating group) is 1. The molecule has 1 rings (SSSR count). The first-order valence-electron chi connectivity index (χ1n) is 6.51. The lowest BCUT2D eigenvalue weighted by Crippen LogP contribution is -2.40. The molecule has 4 heteroatoms. The molecule has 0 unspecified atom stereocenters. The molecule has 0 atom stereocenters. The first-order valence-corrected chi connectivity index (χ1v) is 6.51. The van der Waals surface area contributed by atoms with E-state index in [1.807, 2.05) is 45.0 Å². The summed E-state index contributed by atoms with van der Waals surface area (Å²) < 4.78 is 5.66. The highest BCUT2D eigenvalue weighted by molar-refractivity contribution is 5.77. The highest BCUT2D eigenvalue weighted by atomic mass is 16.5. The molecule has 0 aliphatic heterocycles. The summed E-state index contributed by atoms with van der Waals surface area (Å²) in [7, 11) is 1.77. The van der Waals surface area contributed by atoms with E-state index in [0.717, 1.165) is 11.3 Å². The quantitative estimate of drug-likeness (QED) is 0.854. The molecule has 106 valence electrons. The second kappa shape index (κ2) is 6.57. The highest BCUT2D eigenvalue weighted by Gasteiger charge is 2.19. The standard InChI is InChI=1S/C15H24N2O2/c1-12-7-5-6-8-13(12)19-10-9-17(4)14(18)11-15(2,3)16/h5-8H,9-11,16H2,1-4H3. The van der Waals surface area contributed by atoms with Gasteiger partial charge in [0.25, 0.3) is 0 Å². The first kappa shape index (κ1) is 15.5. The van der Waals surface area contributed by atoms with Crippen molar-refractivity contribution < 1.29 is 9.53 Å². The molecule has 0 aromatic heterocycles. The summed E-state index contributed by atoms with van der Waals surface area (Å²) in [6.07, 6.45) is 0.341.